The highest BCUT2D eigenvalue weighted by molar-refractivity contribution is 5.89. The van der Waals surface area contributed by atoms with Crippen LogP contribution in [0.15, 0.2) is 48.5 Å². The van der Waals surface area contributed by atoms with Crippen LogP contribution in [0.3, 0.4) is 0 Å². The van der Waals surface area contributed by atoms with Crippen LogP contribution in [0.4, 0.5) is 29.1 Å². The molecular formula is C19H16F4N4. The molecule has 8 heteroatoms. The van der Waals surface area contributed by atoms with Crippen molar-refractivity contribution in [2.45, 2.75) is 6.18 Å². The Kier molecular flexibility index (Phi) is 4.33. The lowest BCUT2D eigenvalue weighted by Crippen LogP contribution is -2.47. The third-order valence-corrected chi connectivity index (χ3v) is 4.61. The zero-order valence-electron chi connectivity index (χ0n) is 14.2. The average molecular weight is 376 g/mol. The van der Waals surface area contributed by atoms with Crippen LogP contribution in [0.2, 0.25) is 0 Å². The van der Waals surface area contributed by atoms with Crippen LogP contribution in [-0.4, -0.2) is 36.1 Å². The molecule has 0 aliphatic carbocycles. The second kappa shape index (κ2) is 6.68. The predicted molar refractivity (Wildman–Crippen MR) is 95.4 cm³/mol. The Morgan fingerprint density at radius 2 is 1.41 bits per heavy atom. The van der Waals surface area contributed by atoms with E-state index >= 15 is 0 Å². The second-order valence-corrected chi connectivity index (χ2v) is 6.31. The van der Waals surface area contributed by atoms with Gasteiger partial charge in [0.05, 0.1) is 11.2 Å². The van der Waals surface area contributed by atoms with Gasteiger partial charge in [0.15, 0.2) is 0 Å². The minimum absolute atomic E-state index is 0.256. The number of fused-ring (bicyclic) bond motifs is 1. The molecule has 0 N–H and O–H groups in total. The molecule has 2 heterocycles. The molecule has 0 unspecified atom stereocenters. The van der Waals surface area contributed by atoms with Gasteiger partial charge in [0.25, 0.3) is 0 Å². The van der Waals surface area contributed by atoms with E-state index in [9.17, 15) is 17.6 Å². The van der Waals surface area contributed by atoms with E-state index < -0.39 is 12.0 Å². The molecule has 0 amide bonds. The number of piperazine rings is 1. The maximum atomic E-state index is 14.0. The molecular weight excluding hydrogens is 360 g/mol. The van der Waals surface area contributed by atoms with Crippen LogP contribution in [-0.2, 0) is 6.18 Å². The SMILES string of the molecule is Fc1ccccc1N1CCN(c2nc(C(F)(F)F)nc3ccccc23)CC1. The largest absolute Gasteiger partial charge is 0.451 e. The van der Waals surface area contributed by atoms with Gasteiger partial charge in [-0.2, -0.15) is 13.2 Å². The monoisotopic (exact) mass is 376 g/mol. The highest BCUT2D eigenvalue weighted by atomic mass is 19.4. The summed E-state index contributed by atoms with van der Waals surface area (Å²) in [4.78, 5) is 11.2. The van der Waals surface area contributed by atoms with E-state index in [-0.39, 0.29) is 17.2 Å². The molecule has 0 radical (unpaired) electrons. The van der Waals surface area contributed by atoms with Crippen LogP contribution >= 0.6 is 0 Å². The fraction of sp³-hybridized carbons (Fsp3) is 0.263. The van der Waals surface area contributed by atoms with E-state index in [1.165, 1.54) is 6.07 Å². The fourth-order valence-corrected chi connectivity index (χ4v) is 3.30. The highest BCUT2D eigenvalue weighted by Crippen LogP contribution is 2.32. The summed E-state index contributed by atoms with van der Waals surface area (Å²) in [7, 11) is 0. The van der Waals surface area contributed by atoms with Crippen molar-refractivity contribution in [1.29, 1.82) is 0 Å². The number of para-hydroxylation sites is 2. The van der Waals surface area contributed by atoms with E-state index in [2.05, 4.69) is 9.97 Å². The van der Waals surface area contributed by atoms with Crippen molar-refractivity contribution in [2.24, 2.45) is 0 Å². The van der Waals surface area contributed by atoms with Gasteiger partial charge >= 0.3 is 6.18 Å². The zero-order valence-corrected chi connectivity index (χ0v) is 14.2. The van der Waals surface area contributed by atoms with E-state index in [0.717, 1.165) is 0 Å². The van der Waals surface area contributed by atoms with Gasteiger partial charge < -0.3 is 9.80 Å². The Hall–Kier alpha value is -2.90. The molecule has 140 valence electrons. The Morgan fingerprint density at radius 1 is 0.778 bits per heavy atom. The standard InChI is InChI=1S/C19H16F4N4/c20-14-6-2-4-8-16(14)26-9-11-27(12-10-26)17-13-5-1-3-7-15(13)24-18(25-17)19(21,22)23/h1-8H,9-12H2. The maximum absolute atomic E-state index is 14.0. The number of anilines is 2. The van der Waals surface area contributed by atoms with Gasteiger partial charge in [0.1, 0.15) is 11.6 Å². The van der Waals surface area contributed by atoms with Gasteiger partial charge in [-0.3, -0.25) is 0 Å². The average Bonchev–Trinajstić information content (AvgIpc) is 2.67. The summed E-state index contributed by atoms with van der Waals surface area (Å²) in [6.45, 7) is 1.85. The zero-order chi connectivity index (χ0) is 19.0. The molecule has 1 fully saturated rings. The van der Waals surface area contributed by atoms with Crippen molar-refractivity contribution in [3.05, 3.63) is 60.2 Å². The van der Waals surface area contributed by atoms with Gasteiger partial charge in [-0.25, -0.2) is 14.4 Å². The lowest BCUT2D eigenvalue weighted by molar-refractivity contribution is -0.144. The van der Waals surface area contributed by atoms with Crippen LogP contribution in [0.1, 0.15) is 5.82 Å². The summed E-state index contributed by atoms with van der Waals surface area (Å²) in [5.74, 6) is -1.19. The quantitative estimate of drug-likeness (QED) is 0.630. The van der Waals surface area contributed by atoms with E-state index in [4.69, 9.17) is 0 Å². The molecule has 1 saturated heterocycles. The molecule has 27 heavy (non-hydrogen) atoms. The van der Waals surface area contributed by atoms with Crippen molar-refractivity contribution < 1.29 is 17.6 Å². The van der Waals surface area contributed by atoms with Gasteiger partial charge in [-0.15, -0.1) is 0 Å². The molecule has 1 aliphatic rings. The minimum Gasteiger partial charge on any atom is -0.366 e. The molecule has 0 bridgehead atoms. The molecule has 1 aliphatic heterocycles. The van der Waals surface area contributed by atoms with Crippen molar-refractivity contribution in [1.82, 2.24) is 9.97 Å². The number of rotatable bonds is 2. The second-order valence-electron chi connectivity index (χ2n) is 6.31. The number of halogens is 4. The highest BCUT2D eigenvalue weighted by Gasteiger charge is 2.36. The summed E-state index contributed by atoms with van der Waals surface area (Å²) in [5.41, 5.74) is 0.757. The fourth-order valence-electron chi connectivity index (χ4n) is 3.30. The smallest absolute Gasteiger partial charge is 0.366 e. The van der Waals surface area contributed by atoms with E-state index in [1.807, 2.05) is 4.90 Å². The first-order valence-electron chi connectivity index (χ1n) is 8.52. The normalized spacial score (nSPS) is 15.4. The lowest BCUT2D eigenvalue weighted by atomic mass is 10.2. The van der Waals surface area contributed by atoms with Crippen LogP contribution in [0.25, 0.3) is 10.9 Å². The molecule has 3 aromatic rings. The Labute approximate surface area is 153 Å². The van der Waals surface area contributed by atoms with Crippen molar-refractivity contribution in [3.63, 3.8) is 0 Å². The number of benzene rings is 2. The Bertz CT molecular complexity index is 965. The molecule has 0 atom stereocenters. The summed E-state index contributed by atoms with van der Waals surface area (Å²) < 4.78 is 53.6. The third-order valence-electron chi connectivity index (χ3n) is 4.61. The summed E-state index contributed by atoms with van der Waals surface area (Å²) >= 11 is 0. The summed E-state index contributed by atoms with van der Waals surface area (Å²) in [6, 6.07) is 13.1. The number of hydrogen-bond donors (Lipinski definition) is 0. The van der Waals surface area contributed by atoms with Crippen molar-refractivity contribution in [3.8, 4) is 0 Å². The molecule has 4 rings (SSSR count). The maximum Gasteiger partial charge on any atom is 0.451 e. The van der Waals surface area contributed by atoms with Crippen molar-refractivity contribution in [2.75, 3.05) is 36.0 Å². The van der Waals surface area contributed by atoms with Crippen LogP contribution in [0.5, 0.6) is 0 Å². The topological polar surface area (TPSA) is 32.3 Å². The van der Waals surface area contributed by atoms with Crippen LogP contribution < -0.4 is 9.80 Å². The van der Waals surface area contributed by atoms with Crippen molar-refractivity contribution >= 4 is 22.4 Å². The molecule has 2 aromatic carbocycles. The molecule has 1 aromatic heterocycles. The van der Waals surface area contributed by atoms with E-state index in [1.54, 1.807) is 47.4 Å². The predicted octanol–water partition coefficient (Wildman–Crippen LogP) is 4.11. The first-order valence-corrected chi connectivity index (χ1v) is 8.52. The lowest BCUT2D eigenvalue weighted by Gasteiger charge is -2.37. The van der Waals surface area contributed by atoms with Gasteiger partial charge in [-0.05, 0) is 24.3 Å². The summed E-state index contributed by atoms with van der Waals surface area (Å²) in [5, 5.41) is 0.574. The Morgan fingerprint density at radius 3 is 2.11 bits per heavy atom. The molecule has 0 saturated carbocycles. The first-order chi connectivity index (χ1) is 12.9. The number of hydrogen-bond acceptors (Lipinski definition) is 4. The van der Waals surface area contributed by atoms with Crippen LogP contribution in [0, 0.1) is 5.82 Å². The minimum atomic E-state index is -4.62. The first kappa shape index (κ1) is 17.5. The van der Waals surface area contributed by atoms with E-state index in [0.29, 0.717) is 37.3 Å². The summed E-state index contributed by atoms with van der Waals surface area (Å²) in [6.07, 6.45) is -4.62. The van der Waals surface area contributed by atoms with Gasteiger partial charge in [0.2, 0.25) is 5.82 Å². The Balaban J connectivity index is 1.65. The number of alkyl halides is 3. The van der Waals surface area contributed by atoms with Gasteiger partial charge in [0, 0.05) is 31.6 Å². The third kappa shape index (κ3) is 3.39. The number of aromatic nitrogens is 2. The molecule has 4 nitrogen and oxygen atoms in total. The van der Waals surface area contributed by atoms with Gasteiger partial charge in [-0.1, -0.05) is 24.3 Å². The number of nitrogens with zero attached hydrogens (tertiary/aromatic N) is 4. The molecule has 0 spiro atoms.